The van der Waals surface area contributed by atoms with Gasteiger partial charge in [0.05, 0.1) is 0 Å². The fourth-order valence-corrected chi connectivity index (χ4v) is 0.981. The molecule has 0 saturated heterocycles. The van der Waals surface area contributed by atoms with Gasteiger partial charge in [-0.05, 0) is 0 Å². The molecule has 2 nitrogen and oxygen atoms in total. The van der Waals surface area contributed by atoms with E-state index in [2.05, 4.69) is 0 Å². The lowest BCUT2D eigenvalue weighted by Gasteiger charge is -2.20. The maximum atomic E-state index is 12.1. The van der Waals surface area contributed by atoms with Gasteiger partial charge in [-0.2, -0.15) is 22.0 Å². The molecule has 0 aliphatic carbocycles. The molecule has 0 aromatic carbocycles. The summed E-state index contributed by atoms with van der Waals surface area (Å²) in [5.41, 5.74) is 0. The van der Waals surface area contributed by atoms with Crippen LogP contribution in [0.15, 0.2) is 0 Å². The highest BCUT2D eigenvalue weighted by Gasteiger charge is 2.58. The summed E-state index contributed by atoms with van der Waals surface area (Å²) < 4.78 is 57.1. The number of halogens is 6. The fourth-order valence-electron chi connectivity index (χ4n) is 0.428. The van der Waals surface area contributed by atoms with Gasteiger partial charge in [0.2, 0.25) is 0 Å². The second-order valence-corrected chi connectivity index (χ2v) is 3.72. The van der Waals surface area contributed by atoms with Gasteiger partial charge in [0.1, 0.15) is 3.92 Å². The van der Waals surface area contributed by atoms with Gasteiger partial charge in [-0.25, -0.2) is 0 Å². The van der Waals surface area contributed by atoms with Gasteiger partial charge in [0.15, 0.2) is 0 Å². The van der Waals surface area contributed by atoms with Crippen LogP contribution in [0.4, 0.5) is 22.0 Å². The molecule has 0 radical (unpaired) electrons. The average Bonchev–Trinajstić information content (AvgIpc) is 1.83. The molecule has 0 fully saturated rings. The Morgan fingerprint density at radius 1 is 1.31 bits per heavy atom. The molecule has 0 aliphatic rings. The molecular formula is C5H4F5IO2. The number of carboxylic acids is 1. The van der Waals surface area contributed by atoms with E-state index in [9.17, 15) is 26.7 Å². The minimum atomic E-state index is -5.69. The maximum Gasteiger partial charge on any atom is 0.453 e. The molecule has 8 heteroatoms. The summed E-state index contributed by atoms with van der Waals surface area (Å²) in [6.45, 7) is 0. The molecule has 0 heterocycles. The predicted molar refractivity (Wildman–Crippen MR) is 41.1 cm³/mol. The number of hydrogen-bond acceptors (Lipinski definition) is 1. The number of carboxylic acid groups (broad SMARTS) is 1. The molecule has 0 rings (SSSR count). The molecule has 0 saturated carbocycles. The van der Waals surface area contributed by atoms with E-state index >= 15 is 0 Å². The molecule has 1 atom stereocenters. The first-order valence-corrected chi connectivity index (χ1v) is 4.14. The van der Waals surface area contributed by atoms with E-state index in [1.54, 1.807) is 0 Å². The Morgan fingerprint density at radius 3 is 1.92 bits per heavy atom. The zero-order chi connectivity index (χ0) is 10.9. The molecule has 13 heavy (non-hydrogen) atoms. The van der Waals surface area contributed by atoms with Crippen molar-refractivity contribution in [3.05, 3.63) is 0 Å². The Bertz CT molecular complexity index is 202. The second kappa shape index (κ2) is 3.93. The van der Waals surface area contributed by atoms with Crippen molar-refractivity contribution in [1.82, 2.24) is 0 Å². The lowest BCUT2D eigenvalue weighted by atomic mass is 10.2. The molecule has 1 unspecified atom stereocenters. The van der Waals surface area contributed by atoms with E-state index in [-0.39, 0.29) is 0 Å². The molecule has 0 aromatic rings. The quantitative estimate of drug-likeness (QED) is 0.493. The topological polar surface area (TPSA) is 37.3 Å². The standard InChI is InChI=1S/C5H4F5IO2/c6-4(7,5(8,9)10)1-2(11)3(12)13/h2H,1H2,(H,12,13). The molecule has 0 spiro atoms. The van der Waals surface area contributed by atoms with Crippen LogP contribution < -0.4 is 0 Å². The van der Waals surface area contributed by atoms with Crippen LogP contribution in [-0.4, -0.2) is 27.1 Å². The van der Waals surface area contributed by atoms with Crippen molar-refractivity contribution in [2.75, 3.05) is 0 Å². The van der Waals surface area contributed by atoms with Gasteiger partial charge in [-0.15, -0.1) is 0 Å². The van der Waals surface area contributed by atoms with E-state index in [0.29, 0.717) is 0 Å². The Labute approximate surface area is 83.2 Å². The summed E-state index contributed by atoms with van der Waals surface area (Å²) >= 11 is 1.02. The molecular weight excluding hydrogens is 314 g/mol. The lowest BCUT2D eigenvalue weighted by Crippen LogP contribution is -2.39. The highest BCUT2D eigenvalue weighted by Crippen LogP contribution is 2.40. The first kappa shape index (κ1) is 12.8. The van der Waals surface area contributed by atoms with E-state index < -0.39 is 28.4 Å². The Kier molecular flexibility index (Phi) is 3.88. The van der Waals surface area contributed by atoms with Crippen molar-refractivity contribution in [3.63, 3.8) is 0 Å². The van der Waals surface area contributed by atoms with Crippen molar-refractivity contribution in [3.8, 4) is 0 Å². The molecule has 0 aliphatic heterocycles. The maximum absolute atomic E-state index is 12.1. The van der Waals surface area contributed by atoms with Crippen LogP contribution in [0.2, 0.25) is 0 Å². The van der Waals surface area contributed by atoms with Gasteiger partial charge >= 0.3 is 18.1 Å². The summed E-state index contributed by atoms with van der Waals surface area (Å²) in [7, 11) is 0. The minimum absolute atomic E-state index is 1.02. The van der Waals surface area contributed by atoms with Gasteiger partial charge in [-0.1, -0.05) is 22.6 Å². The first-order valence-electron chi connectivity index (χ1n) is 2.89. The Hall–Kier alpha value is -0.150. The molecule has 0 amide bonds. The van der Waals surface area contributed by atoms with E-state index in [1.807, 2.05) is 0 Å². The van der Waals surface area contributed by atoms with Gasteiger partial charge in [0.25, 0.3) is 0 Å². The number of aliphatic carboxylic acids is 1. The van der Waals surface area contributed by atoms with Crippen molar-refractivity contribution in [2.24, 2.45) is 0 Å². The average molecular weight is 318 g/mol. The van der Waals surface area contributed by atoms with Gasteiger partial charge < -0.3 is 5.11 Å². The zero-order valence-corrected chi connectivity index (χ0v) is 8.07. The number of carbonyl (C=O) groups is 1. The lowest BCUT2D eigenvalue weighted by molar-refractivity contribution is -0.283. The second-order valence-electron chi connectivity index (χ2n) is 2.21. The smallest absolute Gasteiger partial charge is 0.453 e. The third-order valence-electron chi connectivity index (χ3n) is 1.12. The SMILES string of the molecule is O=C(O)C(I)CC(F)(F)C(F)(F)F. The van der Waals surface area contributed by atoms with Gasteiger partial charge in [-0.3, -0.25) is 4.79 Å². The van der Waals surface area contributed by atoms with Crippen molar-refractivity contribution < 1.29 is 31.9 Å². The summed E-state index contributed by atoms with van der Waals surface area (Å²) in [4.78, 5) is 10.00. The highest BCUT2D eigenvalue weighted by atomic mass is 127. The summed E-state index contributed by atoms with van der Waals surface area (Å²) in [6.07, 6.45) is -7.43. The van der Waals surface area contributed by atoms with E-state index in [0.717, 1.165) is 22.6 Å². The van der Waals surface area contributed by atoms with E-state index in [1.165, 1.54) is 0 Å². The first-order chi connectivity index (χ1) is 5.58. The number of rotatable bonds is 3. The fraction of sp³-hybridized carbons (Fsp3) is 0.800. The highest BCUT2D eigenvalue weighted by molar-refractivity contribution is 14.1. The largest absolute Gasteiger partial charge is 0.480 e. The summed E-state index contributed by atoms with van der Waals surface area (Å²) in [5.74, 6) is -6.64. The van der Waals surface area contributed by atoms with Crippen molar-refractivity contribution >= 4 is 28.6 Å². The van der Waals surface area contributed by atoms with Gasteiger partial charge in [0, 0.05) is 6.42 Å². The van der Waals surface area contributed by atoms with Crippen molar-refractivity contribution in [2.45, 2.75) is 22.4 Å². The summed E-state index contributed by atoms with van der Waals surface area (Å²) in [6, 6.07) is 0. The third kappa shape index (κ3) is 3.61. The molecule has 1 N–H and O–H groups in total. The van der Waals surface area contributed by atoms with Crippen LogP contribution in [0, 0.1) is 0 Å². The molecule has 0 aromatic heterocycles. The normalized spacial score (nSPS) is 15.5. The minimum Gasteiger partial charge on any atom is -0.480 e. The monoisotopic (exact) mass is 318 g/mol. The van der Waals surface area contributed by atoms with Crippen LogP contribution in [-0.2, 0) is 4.79 Å². The number of alkyl halides is 6. The molecule has 78 valence electrons. The van der Waals surface area contributed by atoms with Crippen LogP contribution in [0.3, 0.4) is 0 Å². The third-order valence-corrected chi connectivity index (χ3v) is 2.09. The van der Waals surface area contributed by atoms with Crippen LogP contribution in [0.25, 0.3) is 0 Å². The van der Waals surface area contributed by atoms with Crippen LogP contribution >= 0.6 is 22.6 Å². The van der Waals surface area contributed by atoms with E-state index in [4.69, 9.17) is 5.11 Å². The summed E-state index contributed by atoms with van der Waals surface area (Å²) in [5, 5.41) is 8.10. The van der Waals surface area contributed by atoms with Crippen LogP contribution in [0.5, 0.6) is 0 Å². The zero-order valence-electron chi connectivity index (χ0n) is 5.91. The van der Waals surface area contributed by atoms with Crippen molar-refractivity contribution in [1.29, 1.82) is 0 Å². The Balaban J connectivity index is 4.43. The predicted octanol–water partition coefficient (Wildman–Crippen LogP) is 2.46. The van der Waals surface area contributed by atoms with Crippen LogP contribution in [0.1, 0.15) is 6.42 Å². The number of hydrogen-bond donors (Lipinski definition) is 1. The molecule has 0 bridgehead atoms. The Morgan fingerprint density at radius 2 is 1.69 bits per heavy atom.